The van der Waals surface area contributed by atoms with Crippen LogP contribution in [0.3, 0.4) is 0 Å². The fourth-order valence-corrected chi connectivity index (χ4v) is 3.58. The van der Waals surface area contributed by atoms with Crippen molar-refractivity contribution in [2.45, 2.75) is 37.8 Å². The predicted molar refractivity (Wildman–Crippen MR) is 105 cm³/mol. The molecular weight excluding hydrogens is 422 g/mol. The molecule has 2 aromatic carbocycles. The monoisotopic (exact) mass is 444 g/mol. The van der Waals surface area contributed by atoms with Crippen molar-refractivity contribution in [2.24, 2.45) is 4.99 Å². The minimum Gasteiger partial charge on any atom is -0.371 e. The van der Waals surface area contributed by atoms with Gasteiger partial charge in [0.25, 0.3) is 0 Å². The maximum atomic E-state index is 13.2. The standard InChI is InChI=1S/C22H22F6N2O/c1-14(16-9-18(21(23,24)25)11-19(10-16)22(26,27)28)31-13-20(12-30(3)15(2)29-20)17-7-5-4-6-8-17/h4-11,14H,12-13H2,1-3H3/t14-,20-/m1/s1. The molecule has 31 heavy (non-hydrogen) atoms. The third-order valence-corrected chi connectivity index (χ3v) is 5.39. The van der Waals surface area contributed by atoms with Crippen molar-refractivity contribution in [3.63, 3.8) is 0 Å². The van der Waals surface area contributed by atoms with Gasteiger partial charge in [0.1, 0.15) is 5.54 Å². The lowest BCUT2D eigenvalue weighted by atomic mass is 9.91. The largest absolute Gasteiger partial charge is 0.416 e. The maximum Gasteiger partial charge on any atom is 0.416 e. The molecule has 0 amide bonds. The molecular formula is C22H22F6N2O. The summed E-state index contributed by atoms with van der Waals surface area (Å²) in [7, 11) is 1.86. The highest BCUT2D eigenvalue weighted by Gasteiger charge is 2.40. The van der Waals surface area contributed by atoms with E-state index in [1.807, 2.05) is 49.2 Å². The summed E-state index contributed by atoms with van der Waals surface area (Å²) in [5, 5.41) is 0. The first-order chi connectivity index (χ1) is 14.3. The van der Waals surface area contributed by atoms with Gasteiger partial charge in [-0.3, -0.25) is 4.99 Å². The molecule has 9 heteroatoms. The Morgan fingerprint density at radius 1 is 1.00 bits per heavy atom. The number of amidine groups is 1. The summed E-state index contributed by atoms with van der Waals surface area (Å²) in [6, 6.07) is 10.8. The van der Waals surface area contributed by atoms with Gasteiger partial charge in [0, 0.05) is 7.05 Å². The van der Waals surface area contributed by atoms with Crippen molar-refractivity contribution in [1.29, 1.82) is 0 Å². The van der Waals surface area contributed by atoms with E-state index in [0.717, 1.165) is 11.4 Å². The van der Waals surface area contributed by atoms with Crippen LogP contribution in [0.1, 0.15) is 42.2 Å². The number of nitrogens with zero attached hydrogens (tertiary/aromatic N) is 2. The number of hydrogen-bond donors (Lipinski definition) is 0. The summed E-state index contributed by atoms with van der Waals surface area (Å²) in [5.41, 5.74) is -2.87. The molecule has 1 aliphatic heterocycles. The number of ether oxygens (including phenoxy) is 1. The molecule has 1 heterocycles. The Kier molecular flexibility index (Phi) is 6.10. The quantitative estimate of drug-likeness (QED) is 0.524. The highest BCUT2D eigenvalue weighted by Crippen LogP contribution is 2.39. The van der Waals surface area contributed by atoms with Crippen LogP contribution in [0.5, 0.6) is 0 Å². The third-order valence-electron chi connectivity index (χ3n) is 5.39. The third kappa shape index (κ3) is 5.03. The van der Waals surface area contributed by atoms with Crippen molar-refractivity contribution in [2.75, 3.05) is 20.2 Å². The molecule has 0 aromatic heterocycles. The predicted octanol–water partition coefficient (Wildman–Crippen LogP) is 6.06. The zero-order chi connectivity index (χ0) is 23.0. The van der Waals surface area contributed by atoms with Crippen molar-refractivity contribution in [3.8, 4) is 0 Å². The van der Waals surface area contributed by atoms with Gasteiger partial charge in [-0.15, -0.1) is 0 Å². The first kappa shape index (κ1) is 23.1. The summed E-state index contributed by atoms with van der Waals surface area (Å²) in [4.78, 5) is 6.63. The smallest absolute Gasteiger partial charge is 0.371 e. The number of likely N-dealkylation sites (N-methyl/N-ethyl adjacent to an activating group) is 1. The van der Waals surface area contributed by atoms with Crippen LogP contribution in [0.15, 0.2) is 53.5 Å². The summed E-state index contributed by atoms with van der Waals surface area (Å²) < 4.78 is 84.8. The van der Waals surface area contributed by atoms with Crippen molar-refractivity contribution in [1.82, 2.24) is 4.90 Å². The van der Waals surface area contributed by atoms with E-state index in [9.17, 15) is 26.3 Å². The van der Waals surface area contributed by atoms with Gasteiger partial charge >= 0.3 is 12.4 Å². The lowest BCUT2D eigenvalue weighted by Crippen LogP contribution is -2.36. The fraction of sp³-hybridized carbons (Fsp3) is 0.409. The van der Waals surface area contributed by atoms with E-state index in [2.05, 4.69) is 0 Å². The average molecular weight is 444 g/mol. The molecule has 0 saturated carbocycles. The highest BCUT2D eigenvalue weighted by molar-refractivity contribution is 5.82. The van der Waals surface area contributed by atoms with Crippen molar-refractivity contribution < 1.29 is 31.1 Å². The number of hydrogen-bond acceptors (Lipinski definition) is 3. The summed E-state index contributed by atoms with van der Waals surface area (Å²) in [5.74, 6) is 0.763. The Morgan fingerprint density at radius 3 is 2.00 bits per heavy atom. The van der Waals surface area contributed by atoms with Crippen LogP contribution in [0.25, 0.3) is 0 Å². The summed E-state index contributed by atoms with van der Waals surface area (Å²) in [6.07, 6.45) is -10.8. The van der Waals surface area contributed by atoms with Crippen LogP contribution >= 0.6 is 0 Å². The van der Waals surface area contributed by atoms with Gasteiger partial charge < -0.3 is 9.64 Å². The first-order valence-corrected chi connectivity index (χ1v) is 9.56. The van der Waals surface area contributed by atoms with Gasteiger partial charge in [-0.25, -0.2) is 0 Å². The second-order valence-electron chi connectivity index (χ2n) is 7.71. The van der Waals surface area contributed by atoms with Crippen LogP contribution in [0.2, 0.25) is 0 Å². The van der Waals surface area contributed by atoms with E-state index in [1.165, 1.54) is 6.92 Å². The molecule has 168 valence electrons. The van der Waals surface area contributed by atoms with Crippen LogP contribution in [0, 0.1) is 0 Å². The second kappa shape index (κ2) is 8.18. The average Bonchev–Trinajstić information content (AvgIpc) is 3.00. The Balaban J connectivity index is 1.91. The van der Waals surface area contributed by atoms with Gasteiger partial charge in [-0.2, -0.15) is 26.3 Å². The van der Waals surface area contributed by atoms with Crippen molar-refractivity contribution >= 4 is 5.84 Å². The number of rotatable bonds is 5. The molecule has 2 aromatic rings. The fourth-order valence-electron chi connectivity index (χ4n) is 3.58. The normalized spacial score (nSPS) is 20.7. The molecule has 0 fully saturated rings. The molecule has 0 unspecified atom stereocenters. The van der Waals surface area contributed by atoms with Crippen LogP contribution < -0.4 is 0 Å². The van der Waals surface area contributed by atoms with E-state index in [-0.39, 0.29) is 18.2 Å². The van der Waals surface area contributed by atoms with E-state index in [1.54, 1.807) is 0 Å². The van der Waals surface area contributed by atoms with Gasteiger partial charge in [0.15, 0.2) is 0 Å². The Bertz CT molecular complexity index is 922. The lowest BCUT2D eigenvalue weighted by molar-refractivity contribution is -0.143. The minimum atomic E-state index is -4.91. The van der Waals surface area contributed by atoms with Gasteiger partial charge in [0.2, 0.25) is 0 Å². The number of aliphatic imine (C=N–C) groups is 1. The van der Waals surface area contributed by atoms with E-state index >= 15 is 0 Å². The molecule has 1 aliphatic rings. The Morgan fingerprint density at radius 2 is 1.55 bits per heavy atom. The molecule has 0 bridgehead atoms. The highest BCUT2D eigenvalue weighted by atomic mass is 19.4. The number of benzene rings is 2. The van der Waals surface area contributed by atoms with Gasteiger partial charge in [-0.05, 0) is 43.2 Å². The van der Waals surface area contributed by atoms with E-state index < -0.39 is 35.1 Å². The summed E-state index contributed by atoms with van der Waals surface area (Å²) >= 11 is 0. The first-order valence-electron chi connectivity index (χ1n) is 9.56. The lowest BCUT2D eigenvalue weighted by Gasteiger charge is -2.29. The van der Waals surface area contributed by atoms with E-state index in [0.29, 0.717) is 18.7 Å². The molecule has 2 atom stereocenters. The zero-order valence-electron chi connectivity index (χ0n) is 17.2. The molecule has 0 saturated heterocycles. The molecule has 0 N–H and O–H groups in total. The topological polar surface area (TPSA) is 24.8 Å². The molecule has 0 aliphatic carbocycles. The van der Waals surface area contributed by atoms with Crippen LogP contribution in [-0.4, -0.2) is 30.9 Å². The Hall–Kier alpha value is -2.55. The van der Waals surface area contributed by atoms with E-state index in [4.69, 9.17) is 9.73 Å². The molecule has 0 radical (unpaired) electrons. The van der Waals surface area contributed by atoms with Gasteiger partial charge in [0.05, 0.1) is 36.2 Å². The maximum absolute atomic E-state index is 13.2. The van der Waals surface area contributed by atoms with Crippen LogP contribution in [0.4, 0.5) is 26.3 Å². The van der Waals surface area contributed by atoms with Crippen LogP contribution in [-0.2, 0) is 22.6 Å². The minimum absolute atomic E-state index is 0.00252. The number of alkyl halides is 6. The molecule has 3 nitrogen and oxygen atoms in total. The summed E-state index contributed by atoms with van der Waals surface area (Å²) in [6.45, 7) is 3.74. The van der Waals surface area contributed by atoms with Gasteiger partial charge in [-0.1, -0.05) is 30.3 Å². The second-order valence-corrected chi connectivity index (χ2v) is 7.71. The van der Waals surface area contributed by atoms with Crippen molar-refractivity contribution in [3.05, 3.63) is 70.8 Å². The Labute approximate surface area is 176 Å². The molecule has 3 rings (SSSR count). The SMILES string of the molecule is CC1=N[C@](CO[C@H](C)c2cc(C(F)(F)F)cc(C(F)(F)F)c2)(c2ccccc2)CN1C. The number of halogens is 6. The molecule has 0 spiro atoms. The zero-order valence-corrected chi connectivity index (χ0v) is 17.2.